The SMILES string of the molecule is CC(=O)c1ccc(NCc2ccc(CO)c(F)c2)c([N+](=O)[O-])c1. The van der Waals surface area contributed by atoms with Crippen LogP contribution in [0.4, 0.5) is 15.8 Å². The maximum atomic E-state index is 13.6. The van der Waals surface area contributed by atoms with E-state index in [1.807, 2.05) is 0 Å². The van der Waals surface area contributed by atoms with Crippen molar-refractivity contribution in [1.29, 1.82) is 0 Å². The van der Waals surface area contributed by atoms with Crippen molar-refractivity contribution in [2.75, 3.05) is 5.32 Å². The van der Waals surface area contributed by atoms with Gasteiger partial charge in [-0.3, -0.25) is 14.9 Å². The molecule has 0 spiro atoms. The van der Waals surface area contributed by atoms with Crippen molar-refractivity contribution in [2.24, 2.45) is 0 Å². The molecule has 0 amide bonds. The molecule has 2 aromatic rings. The van der Waals surface area contributed by atoms with Crippen LogP contribution in [0.3, 0.4) is 0 Å². The van der Waals surface area contributed by atoms with Gasteiger partial charge in [-0.1, -0.05) is 12.1 Å². The van der Waals surface area contributed by atoms with Crippen molar-refractivity contribution < 1.29 is 19.2 Å². The number of nitro groups is 1. The average Bonchev–Trinajstić information content (AvgIpc) is 2.52. The van der Waals surface area contributed by atoms with Gasteiger partial charge in [0.05, 0.1) is 11.5 Å². The number of carbonyl (C=O) groups is 1. The topological polar surface area (TPSA) is 92.5 Å². The summed E-state index contributed by atoms with van der Waals surface area (Å²) in [6.07, 6.45) is 0. The van der Waals surface area contributed by atoms with Gasteiger partial charge in [0, 0.05) is 23.7 Å². The molecule has 0 aliphatic heterocycles. The van der Waals surface area contributed by atoms with Crippen LogP contribution in [0, 0.1) is 15.9 Å². The summed E-state index contributed by atoms with van der Waals surface area (Å²) in [5.41, 5.74) is 1.03. The van der Waals surface area contributed by atoms with E-state index in [-0.39, 0.29) is 34.8 Å². The Balaban J connectivity index is 2.21. The zero-order valence-corrected chi connectivity index (χ0v) is 12.4. The fraction of sp³-hybridized carbons (Fsp3) is 0.188. The van der Waals surface area contributed by atoms with Crippen LogP contribution >= 0.6 is 0 Å². The molecule has 23 heavy (non-hydrogen) atoms. The van der Waals surface area contributed by atoms with Crippen LogP contribution < -0.4 is 5.32 Å². The van der Waals surface area contributed by atoms with Gasteiger partial charge in [-0.25, -0.2) is 4.39 Å². The van der Waals surface area contributed by atoms with E-state index in [0.717, 1.165) is 0 Å². The predicted molar refractivity (Wildman–Crippen MR) is 82.8 cm³/mol. The summed E-state index contributed by atoms with van der Waals surface area (Å²) in [5.74, 6) is -0.797. The standard InChI is InChI=1S/C16H15FN2O4/c1-10(21)12-4-5-15(16(7-12)19(22)23)18-8-11-2-3-13(9-20)14(17)6-11/h2-7,18,20H,8-9H2,1H3. The lowest BCUT2D eigenvalue weighted by Crippen LogP contribution is -2.05. The van der Waals surface area contributed by atoms with E-state index in [4.69, 9.17) is 5.11 Å². The molecule has 0 aliphatic rings. The van der Waals surface area contributed by atoms with Gasteiger partial charge < -0.3 is 10.4 Å². The second-order valence-electron chi connectivity index (χ2n) is 4.98. The normalized spacial score (nSPS) is 10.4. The number of aliphatic hydroxyl groups excluding tert-OH is 1. The number of hydrogen-bond acceptors (Lipinski definition) is 5. The van der Waals surface area contributed by atoms with Crippen molar-refractivity contribution in [3.63, 3.8) is 0 Å². The number of nitrogens with one attached hydrogen (secondary N) is 1. The fourth-order valence-corrected chi connectivity index (χ4v) is 2.08. The number of nitro benzene ring substituents is 1. The highest BCUT2D eigenvalue weighted by atomic mass is 19.1. The number of aliphatic hydroxyl groups is 1. The first-order valence-corrected chi connectivity index (χ1v) is 6.83. The van der Waals surface area contributed by atoms with Gasteiger partial charge in [0.25, 0.3) is 5.69 Å². The third kappa shape index (κ3) is 3.89. The lowest BCUT2D eigenvalue weighted by molar-refractivity contribution is -0.384. The van der Waals surface area contributed by atoms with E-state index in [2.05, 4.69) is 5.32 Å². The number of carbonyl (C=O) groups excluding carboxylic acids is 1. The Morgan fingerprint density at radius 1 is 1.30 bits per heavy atom. The molecule has 6 nitrogen and oxygen atoms in total. The third-order valence-corrected chi connectivity index (χ3v) is 3.37. The molecule has 2 N–H and O–H groups in total. The quantitative estimate of drug-likeness (QED) is 0.485. The van der Waals surface area contributed by atoms with Crippen LogP contribution in [0.25, 0.3) is 0 Å². The Labute approximate surface area is 131 Å². The van der Waals surface area contributed by atoms with Crippen molar-refractivity contribution in [1.82, 2.24) is 0 Å². The van der Waals surface area contributed by atoms with Crippen LogP contribution in [-0.4, -0.2) is 15.8 Å². The van der Waals surface area contributed by atoms with Gasteiger partial charge in [0.15, 0.2) is 5.78 Å². The maximum Gasteiger partial charge on any atom is 0.293 e. The molecule has 0 aromatic heterocycles. The minimum absolute atomic E-state index is 0.170. The maximum absolute atomic E-state index is 13.6. The Hall–Kier alpha value is -2.80. The molecule has 2 rings (SSSR count). The lowest BCUT2D eigenvalue weighted by atomic mass is 10.1. The minimum atomic E-state index is -0.579. The van der Waals surface area contributed by atoms with Gasteiger partial charge in [-0.2, -0.15) is 0 Å². The molecule has 0 saturated heterocycles. The van der Waals surface area contributed by atoms with Crippen LogP contribution in [0.15, 0.2) is 36.4 Å². The molecule has 0 unspecified atom stereocenters. The van der Waals surface area contributed by atoms with Crippen LogP contribution in [0.1, 0.15) is 28.4 Å². The molecule has 0 bridgehead atoms. The average molecular weight is 318 g/mol. The van der Waals surface area contributed by atoms with E-state index >= 15 is 0 Å². The number of nitrogens with zero attached hydrogens (tertiary/aromatic N) is 1. The molecule has 0 fully saturated rings. The van der Waals surface area contributed by atoms with Crippen molar-refractivity contribution in [2.45, 2.75) is 20.1 Å². The highest BCUT2D eigenvalue weighted by Crippen LogP contribution is 2.26. The minimum Gasteiger partial charge on any atom is -0.392 e. The van der Waals surface area contributed by atoms with Crippen LogP contribution in [0.5, 0.6) is 0 Å². The number of halogens is 1. The zero-order chi connectivity index (χ0) is 17.0. The third-order valence-electron chi connectivity index (χ3n) is 3.37. The zero-order valence-electron chi connectivity index (χ0n) is 12.4. The molecular formula is C16H15FN2O4. The number of benzene rings is 2. The second-order valence-corrected chi connectivity index (χ2v) is 4.98. The number of ketones is 1. The molecular weight excluding hydrogens is 303 g/mol. The Morgan fingerprint density at radius 2 is 2.04 bits per heavy atom. The molecule has 2 aromatic carbocycles. The van der Waals surface area contributed by atoms with E-state index in [1.54, 1.807) is 6.07 Å². The summed E-state index contributed by atoms with van der Waals surface area (Å²) in [5, 5.41) is 22.9. The van der Waals surface area contributed by atoms with Crippen molar-refractivity contribution >= 4 is 17.2 Å². The Morgan fingerprint density at radius 3 is 2.61 bits per heavy atom. The molecule has 120 valence electrons. The molecule has 0 atom stereocenters. The molecule has 0 heterocycles. The monoisotopic (exact) mass is 318 g/mol. The fourth-order valence-electron chi connectivity index (χ4n) is 2.08. The second kappa shape index (κ2) is 6.97. The summed E-state index contributed by atoms with van der Waals surface area (Å²) in [6, 6.07) is 8.49. The highest BCUT2D eigenvalue weighted by molar-refractivity contribution is 5.95. The molecule has 0 aliphatic carbocycles. The number of hydrogen-bond donors (Lipinski definition) is 2. The summed E-state index contributed by atoms with van der Waals surface area (Å²) in [6.45, 7) is 1.11. The van der Waals surface area contributed by atoms with E-state index in [1.165, 1.54) is 37.3 Å². The lowest BCUT2D eigenvalue weighted by Gasteiger charge is -2.09. The number of Topliss-reactive ketones (excluding diaryl/α,β-unsaturated/α-hetero) is 1. The summed E-state index contributed by atoms with van der Waals surface area (Å²) < 4.78 is 13.6. The first-order valence-electron chi connectivity index (χ1n) is 6.83. The first-order chi connectivity index (χ1) is 10.9. The molecule has 0 saturated carbocycles. The van der Waals surface area contributed by atoms with Gasteiger partial charge >= 0.3 is 0 Å². The van der Waals surface area contributed by atoms with Gasteiger partial charge in [0.1, 0.15) is 11.5 Å². The van der Waals surface area contributed by atoms with E-state index in [9.17, 15) is 19.3 Å². The van der Waals surface area contributed by atoms with E-state index < -0.39 is 17.3 Å². The Kier molecular flexibility index (Phi) is 5.02. The molecule has 7 heteroatoms. The summed E-state index contributed by atoms with van der Waals surface area (Å²) >= 11 is 0. The van der Waals surface area contributed by atoms with Crippen molar-refractivity contribution in [3.05, 3.63) is 69.0 Å². The number of rotatable bonds is 6. The number of anilines is 1. The highest BCUT2D eigenvalue weighted by Gasteiger charge is 2.16. The van der Waals surface area contributed by atoms with Crippen molar-refractivity contribution in [3.8, 4) is 0 Å². The van der Waals surface area contributed by atoms with Crippen LogP contribution in [-0.2, 0) is 13.2 Å². The smallest absolute Gasteiger partial charge is 0.293 e. The van der Waals surface area contributed by atoms with Gasteiger partial charge in [-0.15, -0.1) is 0 Å². The largest absolute Gasteiger partial charge is 0.392 e. The van der Waals surface area contributed by atoms with Gasteiger partial charge in [0.2, 0.25) is 0 Å². The summed E-state index contributed by atoms with van der Waals surface area (Å²) in [4.78, 5) is 21.8. The molecule has 0 radical (unpaired) electrons. The van der Waals surface area contributed by atoms with Gasteiger partial charge in [-0.05, 0) is 30.7 Å². The Bertz CT molecular complexity index is 762. The first kappa shape index (κ1) is 16.6. The predicted octanol–water partition coefficient (Wildman–Crippen LogP) is 3.04. The summed E-state index contributed by atoms with van der Waals surface area (Å²) in [7, 11) is 0. The van der Waals surface area contributed by atoms with E-state index in [0.29, 0.717) is 5.56 Å². The van der Waals surface area contributed by atoms with Crippen LogP contribution in [0.2, 0.25) is 0 Å².